The zero-order valence-corrected chi connectivity index (χ0v) is 19.0. The van der Waals surface area contributed by atoms with E-state index >= 15 is 0 Å². The van der Waals surface area contributed by atoms with Crippen LogP contribution in [0, 0.1) is 23.7 Å². The first-order valence-corrected chi connectivity index (χ1v) is 12.1. The van der Waals surface area contributed by atoms with Gasteiger partial charge in [0.1, 0.15) is 11.9 Å². The second-order valence-corrected chi connectivity index (χ2v) is 10.7. The lowest BCUT2D eigenvalue weighted by Crippen LogP contribution is -2.48. The Bertz CT molecular complexity index is 948. The Morgan fingerprint density at radius 2 is 1.56 bits per heavy atom. The molecule has 0 saturated heterocycles. The van der Waals surface area contributed by atoms with Gasteiger partial charge in [-0.1, -0.05) is 32.0 Å². The molecule has 0 spiro atoms. The summed E-state index contributed by atoms with van der Waals surface area (Å²) in [6.07, 6.45) is 9.85. The summed E-state index contributed by atoms with van der Waals surface area (Å²) in [5.41, 5.74) is 2.34. The molecule has 1 heterocycles. The van der Waals surface area contributed by atoms with Crippen LogP contribution in [-0.2, 0) is 10.2 Å². The van der Waals surface area contributed by atoms with E-state index in [0.717, 1.165) is 17.8 Å². The Kier molecular flexibility index (Phi) is 5.52. The van der Waals surface area contributed by atoms with Gasteiger partial charge in [-0.25, -0.2) is 4.98 Å². The number of carbonyl (C=O) groups is 2. The van der Waals surface area contributed by atoms with E-state index in [4.69, 9.17) is 0 Å². The molecule has 2 aromatic rings. The van der Waals surface area contributed by atoms with Crippen LogP contribution in [-0.4, -0.2) is 22.8 Å². The van der Waals surface area contributed by atoms with Crippen LogP contribution in [0.15, 0.2) is 48.7 Å². The first-order valence-electron chi connectivity index (χ1n) is 12.1. The largest absolute Gasteiger partial charge is 0.340 e. The maximum Gasteiger partial charge on any atom is 0.251 e. The molecule has 2 amide bonds. The minimum atomic E-state index is -0.632. The summed E-state index contributed by atoms with van der Waals surface area (Å²) in [6.45, 7) is 3.86. The molecule has 6 rings (SSSR count). The number of amides is 2. The van der Waals surface area contributed by atoms with E-state index in [1.807, 2.05) is 32.0 Å². The molecular formula is C27H33N3O2. The third-order valence-electron chi connectivity index (χ3n) is 7.95. The van der Waals surface area contributed by atoms with E-state index in [2.05, 4.69) is 27.8 Å². The maximum absolute atomic E-state index is 13.0. The van der Waals surface area contributed by atoms with Crippen LogP contribution in [0.25, 0.3) is 0 Å². The minimum absolute atomic E-state index is 0.0473. The van der Waals surface area contributed by atoms with Gasteiger partial charge in [-0.2, -0.15) is 0 Å². The number of nitrogens with zero attached hydrogens (tertiary/aromatic N) is 1. The minimum Gasteiger partial charge on any atom is -0.340 e. The molecule has 1 atom stereocenters. The number of nitrogens with one attached hydrogen (secondary N) is 2. The number of hydrogen-bond acceptors (Lipinski definition) is 3. The molecule has 1 aromatic carbocycles. The Morgan fingerprint density at radius 3 is 2.09 bits per heavy atom. The van der Waals surface area contributed by atoms with Crippen molar-refractivity contribution in [3.63, 3.8) is 0 Å². The summed E-state index contributed by atoms with van der Waals surface area (Å²) in [5.74, 6) is 2.66. The van der Waals surface area contributed by atoms with Crippen LogP contribution >= 0.6 is 0 Å². The van der Waals surface area contributed by atoms with Gasteiger partial charge >= 0.3 is 0 Å². The Balaban J connectivity index is 1.27. The summed E-state index contributed by atoms with van der Waals surface area (Å²) in [5, 5.41) is 5.73. The molecule has 4 saturated carbocycles. The van der Waals surface area contributed by atoms with Crippen LogP contribution in [0.2, 0.25) is 0 Å². The van der Waals surface area contributed by atoms with Gasteiger partial charge in [-0.15, -0.1) is 0 Å². The van der Waals surface area contributed by atoms with Crippen molar-refractivity contribution in [1.29, 1.82) is 0 Å². The number of benzene rings is 1. The number of carbonyl (C=O) groups excluding carboxylic acids is 2. The Hall–Kier alpha value is -2.69. The molecule has 4 fully saturated rings. The van der Waals surface area contributed by atoms with Gasteiger partial charge in [0.2, 0.25) is 5.91 Å². The number of aromatic nitrogens is 1. The molecule has 1 unspecified atom stereocenters. The number of anilines is 1. The summed E-state index contributed by atoms with van der Waals surface area (Å²) in [7, 11) is 0. The molecule has 4 bridgehead atoms. The van der Waals surface area contributed by atoms with Crippen molar-refractivity contribution in [2.24, 2.45) is 23.7 Å². The molecule has 0 aliphatic heterocycles. The zero-order chi connectivity index (χ0) is 22.3. The van der Waals surface area contributed by atoms with E-state index in [1.54, 1.807) is 18.3 Å². The van der Waals surface area contributed by atoms with Gasteiger partial charge in [0.05, 0.1) is 0 Å². The van der Waals surface area contributed by atoms with E-state index in [1.165, 1.54) is 44.1 Å². The number of rotatable bonds is 6. The molecule has 168 valence electrons. The summed E-state index contributed by atoms with van der Waals surface area (Å²) in [6, 6.07) is 12.9. The fourth-order valence-corrected chi connectivity index (χ4v) is 6.84. The van der Waals surface area contributed by atoms with Gasteiger partial charge < -0.3 is 10.6 Å². The molecular weight excluding hydrogens is 398 g/mol. The Labute approximate surface area is 190 Å². The van der Waals surface area contributed by atoms with Crippen molar-refractivity contribution in [1.82, 2.24) is 10.3 Å². The molecule has 5 nitrogen and oxygen atoms in total. The normalized spacial score (nSPS) is 29.0. The topological polar surface area (TPSA) is 71.1 Å². The first kappa shape index (κ1) is 21.2. The van der Waals surface area contributed by atoms with Gasteiger partial charge in [-0.05, 0) is 97.4 Å². The molecule has 32 heavy (non-hydrogen) atoms. The predicted molar refractivity (Wildman–Crippen MR) is 125 cm³/mol. The standard InChI is InChI=1S/C27H33N3O2/c1-17(2)24(26(32)29-23-5-3-4-10-28-23)30-25(31)21-6-8-22(9-7-21)27-14-18-11-19(15-27)13-20(12-18)16-27/h3-10,17-20,24H,11-16H2,1-2H3,(H,30,31)(H,28,29,32). The lowest BCUT2D eigenvalue weighted by atomic mass is 9.48. The van der Waals surface area contributed by atoms with Gasteiger partial charge in [0.25, 0.3) is 5.91 Å². The maximum atomic E-state index is 13.0. The average molecular weight is 432 g/mol. The lowest BCUT2D eigenvalue weighted by Gasteiger charge is -2.57. The first-order chi connectivity index (χ1) is 15.4. The van der Waals surface area contributed by atoms with Gasteiger partial charge in [0.15, 0.2) is 0 Å². The van der Waals surface area contributed by atoms with E-state index in [9.17, 15) is 9.59 Å². The third kappa shape index (κ3) is 4.05. The van der Waals surface area contributed by atoms with Crippen molar-refractivity contribution in [2.75, 3.05) is 5.32 Å². The lowest BCUT2D eigenvalue weighted by molar-refractivity contribution is -0.118. The highest BCUT2D eigenvalue weighted by Crippen LogP contribution is 2.60. The van der Waals surface area contributed by atoms with Crippen LogP contribution in [0.1, 0.15) is 68.3 Å². The molecule has 4 aliphatic rings. The van der Waals surface area contributed by atoms with Crippen LogP contribution in [0.3, 0.4) is 0 Å². The fourth-order valence-electron chi connectivity index (χ4n) is 6.84. The highest BCUT2D eigenvalue weighted by molar-refractivity contribution is 6.01. The molecule has 5 heteroatoms. The fraction of sp³-hybridized carbons (Fsp3) is 0.519. The van der Waals surface area contributed by atoms with Crippen LogP contribution in [0.4, 0.5) is 5.82 Å². The summed E-state index contributed by atoms with van der Waals surface area (Å²) in [4.78, 5) is 29.9. The van der Waals surface area contributed by atoms with Crippen molar-refractivity contribution >= 4 is 17.6 Å². The summed E-state index contributed by atoms with van der Waals surface area (Å²) < 4.78 is 0. The van der Waals surface area contributed by atoms with Gasteiger partial charge in [0, 0.05) is 11.8 Å². The molecule has 0 radical (unpaired) electrons. The van der Waals surface area contributed by atoms with Gasteiger partial charge in [-0.3, -0.25) is 9.59 Å². The van der Waals surface area contributed by atoms with Crippen molar-refractivity contribution in [3.8, 4) is 0 Å². The third-order valence-corrected chi connectivity index (χ3v) is 7.95. The monoisotopic (exact) mass is 431 g/mol. The number of pyridine rings is 1. The van der Waals surface area contributed by atoms with Crippen molar-refractivity contribution in [3.05, 3.63) is 59.8 Å². The number of hydrogen-bond donors (Lipinski definition) is 2. The molecule has 1 aromatic heterocycles. The highest BCUT2D eigenvalue weighted by Gasteiger charge is 2.51. The second kappa shape index (κ2) is 8.34. The Morgan fingerprint density at radius 1 is 0.938 bits per heavy atom. The van der Waals surface area contributed by atoms with Crippen LogP contribution < -0.4 is 10.6 Å². The van der Waals surface area contributed by atoms with E-state index in [0.29, 0.717) is 16.8 Å². The quantitative estimate of drug-likeness (QED) is 0.680. The average Bonchev–Trinajstić information content (AvgIpc) is 2.77. The van der Waals surface area contributed by atoms with Crippen molar-refractivity contribution in [2.45, 2.75) is 63.8 Å². The molecule has 2 N–H and O–H groups in total. The molecule has 4 aliphatic carbocycles. The SMILES string of the molecule is CC(C)C(NC(=O)c1ccc(C23CC4CC(CC(C4)C2)C3)cc1)C(=O)Nc1ccccn1. The van der Waals surface area contributed by atoms with E-state index in [-0.39, 0.29) is 17.7 Å². The predicted octanol–water partition coefficient (Wildman–Crippen LogP) is 4.94. The smallest absolute Gasteiger partial charge is 0.251 e. The summed E-state index contributed by atoms with van der Waals surface area (Å²) >= 11 is 0. The van der Waals surface area contributed by atoms with E-state index < -0.39 is 6.04 Å². The highest BCUT2D eigenvalue weighted by atomic mass is 16.2. The van der Waals surface area contributed by atoms with Crippen molar-refractivity contribution < 1.29 is 9.59 Å². The zero-order valence-electron chi connectivity index (χ0n) is 19.0. The second-order valence-electron chi connectivity index (χ2n) is 10.7. The van der Waals surface area contributed by atoms with Crippen LogP contribution in [0.5, 0.6) is 0 Å².